The number of aliphatic hydroxyl groups is 2. The SMILES string of the molecule is NC(=O)C(O)CCCCCCCCCCCCC(O)C(N)=O. The first kappa shape index (κ1) is 20.9. The Balaban J connectivity index is 3.18. The summed E-state index contributed by atoms with van der Waals surface area (Å²) in [5, 5.41) is 18.4. The van der Waals surface area contributed by atoms with E-state index in [4.69, 9.17) is 11.5 Å². The van der Waals surface area contributed by atoms with Crippen LogP contribution in [0, 0.1) is 0 Å². The van der Waals surface area contributed by atoms with Crippen LogP contribution >= 0.6 is 0 Å². The van der Waals surface area contributed by atoms with Crippen molar-refractivity contribution in [2.75, 3.05) is 0 Å². The summed E-state index contributed by atoms with van der Waals surface area (Å²) in [5.41, 5.74) is 9.94. The molecular weight excluding hydrogens is 284 g/mol. The lowest BCUT2D eigenvalue weighted by atomic mass is 10.0. The number of rotatable bonds is 15. The van der Waals surface area contributed by atoms with Gasteiger partial charge in [0.25, 0.3) is 0 Å². The Hall–Kier alpha value is -1.14. The number of amides is 2. The van der Waals surface area contributed by atoms with Crippen molar-refractivity contribution < 1.29 is 19.8 Å². The van der Waals surface area contributed by atoms with Crippen LogP contribution in [0.25, 0.3) is 0 Å². The third kappa shape index (κ3) is 12.6. The Kier molecular flexibility index (Phi) is 12.8. The van der Waals surface area contributed by atoms with Gasteiger partial charge in [-0.15, -0.1) is 0 Å². The van der Waals surface area contributed by atoms with Crippen LogP contribution in [0.2, 0.25) is 0 Å². The van der Waals surface area contributed by atoms with Gasteiger partial charge in [-0.05, 0) is 12.8 Å². The highest BCUT2D eigenvalue weighted by Crippen LogP contribution is 2.13. The molecule has 0 saturated heterocycles. The predicted octanol–water partition coefficient (Wildman–Crippen LogP) is 1.36. The van der Waals surface area contributed by atoms with Gasteiger partial charge in [-0.2, -0.15) is 0 Å². The third-order valence-electron chi connectivity index (χ3n) is 3.86. The lowest BCUT2D eigenvalue weighted by molar-refractivity contribution is -0.127. The molecule has 0 rings (SSSR count). The monoisotopic (exact) mass is 316 g/mol. The number of unbranched alkanes of at least 4 members (excludes halogenated alkanes) is 9. The molecule has 0 saturated carbocycles. The van der Waals surface area contributed by atoms with Gasteiger partial charge in [-0.1, -0.05) is 64.2 Å². The molecule has 0 aliphatic rings. The fourth-order valence-electron chi connectivity index (χ4n) is 2.37. The zero-order valence-electron chi connectivity index (χ0n) is 13.5. The third-order valence-corrected chi connectivity index (χ3v) is 3.86. The average molecular weight is 316 g/mol. The zero-order chi connectivity index (χ0) is 16.8. The molecule has 2 atom stereocenters. The van der Waals surface area contributed by atoms with E-state index in [0.29, 0.717) is 12.8 Å². The molecule has 0 bridgehead atoms. The van der Waals surface area contributed by atoms with Gasteiger partial charge in [0.15, 0.2) is 0 Å². The first-order chi connectivity index (χ1) is 10.4. The number of hydrogen-bond acceptors (Lipinski definition) is 4. The summed E-state index contributed by atoms with van der Waals surface area (Å²) < 4.78 is 0. The summed E-state index contributed by atoms with van der Waals surface area (Å²) >= 11 is 0. The molecule has 0 aliphatic carbocycles. The Labute approximate surface area is 133 Å². The van der Waals surface area contributed by atoms with Gasteiger partial charge in [0.2, 0.25) is 11.8 Å². The Morgan fingerprint density at radius 1 is 0.591 bits per heavy atom. The fraction of sp³-hybridized carbons (Fsp3) is 0.875. The topological polar surface area (TPSA) is 127 Å². The minimum atomic E-state index is -0.993. The van der Waals surface area contributed by atoms with Crippen molar-refractivity contribution in [3.63, 3.8) is 0 Å². The van der Waals surface area contributed by atoms with Gasteiger partial charge in [-0.25, -0.2) is 0 Å². The van der Waals surface area contributed by atoms with Crippen molar-refractivity contribution in [2.45, 2.75) is 89.3 Å². The van der Waals surface area contributed by atoms with E-state index >= 15 is 0 Å². The van der Waals surface area contributed by atoms with Crippen LogP contribution in [0.3, 0.4) is 0 Å². The quantitative estimate of drug-likeness (QED) is 0.340. The maximum Gasteiger partial charge on any atom is 0.246 e. The van der Waals surface area contributed by atoms with Crippen LogP contribution in [0.5, 0.6) is 0 Å². The van der Waals surface area contributed by atoms with Crippen molar-refractivity contribution in [3.8, 4) is 0 Å². The van der Waals surface area contributed by atoms with Crippen molar-refractivity contribution >= 4 is 11.8 Å². The van der Waals surface area contributed by atoms with Crippen molar-refractivity contribution in [2.24, 2.45) is 11.5 Å². The van der Waals surface area contributed by atoms with Crippen LogP contribution in [0.15, 0.2) is 0 Å². The first-order valence-corrected chi connectivity index (χ1v) is 8.40. The zero-order valence-corrected chi connectivity index (χ0v) is 13.5. The molecule has 6 nitrogen and oxygen atoms in total. The van der Waals surface area contributed by atoms with Crippen LogP contribution in [0.1, 0.15) is 77.0 Å². The molecule has 2 amide bonds. The highest BCUT2D eigenvalue weighted by Gasteiger charge is 2.09. The second kappa shape index (κ2) is 13.5. The summed E-state index contributed by atoms with van der Waals surface area (Å²) in [7, 11) is 0. The first-order valence-electron chi connectivity index (χ1n) is 8.40. The van der Waals surface area contributed by atoms with Gasteiger partial charge < -0.3 is 21.7 Å². The molecule has 6 N–H and O–H groups in total. The summed E-state index contributed by atoms with van der Waals surface area (Å²) in [5.74, 6) is -1.27. The fourth-order valence-corrected chi connectivity index (χ4v) is 2.37. The number of carbonyl (C=O) groups excluding carboxylic acids is 2. The largest absolute Gasteiger partial charge is 0.383 e. The molecule has 130 valence electrons. The van der Waals surface area contributed by atoms with Crippen molar-refractivity contribution in [3.05, 3.63) is 0 Å². The van der Waals surface area contributed by atoms with Crippen LogP contribution < -0.4 is 11.5 Å². The molecule has 0 fully saturated rings. The molecule has 0 aromatic rings. The van der Waals surface area contributed by atoms with Crippen molar-refractivity contribution in [1.82, 2.24) is 0 Å². The maximum atomic E-state index is 10.6. The van der Waals surface area contributed by atoms with E-state index in [1.165, 1.54) is 25.7 Å². The molecule has 22 heavy (non-hydrogen) atoms. The van der Waals surface area contributed by atoms with Crippen LogP contribution in [-0.2, 0) is 9.59 Å². The lowest BCUT2D eigenvalue weighted by Gasteiger charge is -2.06. The molecule has 0 spiro atoms. The molecule has 0 aliphatic heterocycles. The molecule has 2 unspecified atom stereocenters. The highest BCUT2D eigenvalue weighted by molar-refractivity contribution is 5.78. The minimum absolute atomic E-state index is 0.465. The molecular formula is C16H32N2O4. The second-order valence-corrected chi connectivity index (χ2v) is 5.95. The Morgan fingerprint density at radius 3 is 1.05 bits per heavy atom. The lowest BCUT2D eigenvalue weighted by Crippen LogP contribution is -2.27. The van der Waals surface area contributed by atoms with Crippen LogP contribution in [-0.4, -0.2) is 34.2 Å². The standard InChI is InChI=1S/C16H32N2O4/c17-15(21)13(19)11-9-7-5-3-1-2-4-6-8-10-12-14(20)16(18)22/h13-14,19-20H,1-12H2,(H2,17,21)(H2,18,22). The molecule has 6 heteroatoms. The van der Waals surface area contributed by atoms with Crippen LogP contribution in [0.4, 0.5) is 0 Å². The van der Waals surface area contributed by atoms with E-state index in [0.717, 1.165) is 38.5 Å². The molecule has 0 radical (unpaired) electrons. The van der Waals surface area contributed by atoms with Gasteiger partial charge in [0.1, 0.15) is 12.2 Å². The molecule has 0 aromatic heterocycles. The number of nitrogens with two attached hydrogens (primary N) is 2. The smallest absolute Gasteiger partial charge is 0.246 e. The summed E-state index contributed by atoms with van der Waals surface area (Å²) in [6.45, 7) is 0. The average Bonchev–Trinajstić information content (AvgIpc) is 2.47. The van der Waals surface area contributed by atoms with Gasteiger partial charge in [0.05, 0.1) is 0 Å². The van der Waals surface area contributed by atoms with Crippen molar-refractivity contribution in [1.29, 1.82) is 0 Å². The predicted molar refractivity (Wildman–Crippen MR) is 85.8 cm³/mol. The summed E-state index contributed by atoms with van der Waals surface area (Å²) in [6.07, 6.45) is 9.65. The molecule has 0 aromatic carbocycles. The number of carbonyl (C=O) groups is 2. The Morgan fingerprint density at radius 2 is 0.818 bits per heavy atom. The second-order valence-electron chi connectivity index (χ2n) is 5.95. The van der Waals surface area contributed by atoms with E-state index in [-0.39, 0.29) is 0 Å². The van der Waals surface area contributed by atoms with E-state index in [1.54, 1.807) is 0 Å². The van der Waals surface area contributed by atoms with Gasteiger partial charge in [-0.3, -0.25) is 9.59 Å². The highest BCUT2D eigenvalue weighted by atomic mass is 16.3. The van der Waals surface area contributed by atoms with E-state index in [2.05, 4.69) is 0 Å². The van der Waals surface area contributed by atoms with E-state index in [1.807, 2.05) is 0 Å². The minimum Gasteiger partial charge on any atom is -0.383 e. The van der Waals surface area contributed by atoms with Gasteiger partial charge in [0, 0.05) is 0 Å². The molecule has 0 heterocycles. The van der Waals surface area contributed by atoms with E-state index in [9.17, 15) is 19.8 Å². The normalized spacial score (nSPS) is 13.7. The maximum absolute atomic E-state index is 10.6. The summed E-state index contributed by atoms with van der Waals surface area (Å²) in [6, 6.07) is 0. The number of aliphatic hydroxyl groups excluding tert-OH is 2. The van der Waals surface area contributed by atoms with Gasteiger partial charge >= 0.3 is 0 Å². The number of hydrogen-bond donors (Lipinski definition) is 4. The van der Waals surface area contributed by atoms with E-state index < -0.39 is 24.0 Å². The number of primary amides is 2. The Bertz CT molecular complexity index is 281. The summed E-state index contributed by atoms with van der Waals surface area (Å²) in [4.78, 5) is 21.2.